The summed E-state index contributed by atoms with van der Waals surface area (Å²) in [5, 5.41) is 2.46. The first-order valence-electron chi connectivity index (χ1n) is 4.04. The fourth-order valence-corrected chi connectivity index (χ4v) is 1.27. The van der Waals surface area contributed by atoms with Gasteiger partial charge in [-0.25, -0.2) is 9.18 Å². The minimum atomic E-state index is -0.556. The maximum atomic E-state index is 12.6. The van der Waals surface area contributed by atoms with Crippen molar-refractivity contribution in [1.82, 2.24) is 5.32 Å². The van der Waals surface area contributed by atoms with Crippen LogP contribution in [0.3, 0.4) is 0 Å². The number of halogens is 2. The maximum Gasteiger partial charge on any atom is 0.412 e. The average molecular weight is 262 g/mol. The van der Waals surface area contributed by atoms with E-state index in [1.54, 1.807) is 6.92 Å². The number of amides is 1. The Morgan fingerprint density at radius 2 is 2.36 bits per heavy atom. The summed E-state index contributed by atoms with van der Waals surface area (Å²) in [5.41, 5.74) is 0. The van der Waals surface area contributed by atoms with Crippen LogP contribution >= 0.6 is 15.9 Å². The molecule has 0 aliphatic heterocycles. The van der Waals surface area contributed by atoms with E-state index in [2.05, 4.69) is 21.2 Å². The summed E-state index contributed by atoms with van der Waals surface area (Å²) in [6.07, 6.45) is -0.556. The fourth-order valence-electron chi connectivity index (χ4n) is 0.838. The standard InChI is InChI=1S/C9H9BrFNO2/c1-2-12-9(13)14-8-4-3-6(11)5-7(8)10/h3-5H,2H2,1H3,(H,12,13). The zero-order chi connectivity index (χ0) is 10.6. The summed E-state index contributed by atoms with van der Waals surface area (Å²) in [5.74, 6) is -0.0996. The van der Waals surface area contributed by atoms with Gasteiger partial charge in [0.05, 0.1) is 4.47 Å². The van der Waals surface area contributed by atoms with E-state index < -0.39 is 6.09 Å². The lowest BCUT2D eigenvalue weighted by Gasteiger charge is -2.06. The van der Waals surface area contributed by atoms with E-state index in [0.29, 0.717) is 11.0 Å². The molecule has 76 valence electrons. The van der Waals surface area contributed by atoms with Gasteiger partial charge in [0.15, 0.2) is 0 Å². The van der Waals surface area contributed by atoms with E-state index in [-0.39, 0.29) is 11.6 Å². The van der Waals surface area contributed by atoms with Crippen LogP contribution in [-0.4, -0.2) is 12.6 Å². The first kappa shape index (κ1) is 11.0. The van der Waals surface area contributed by atoms with Crippen LogP contribution in [-0.2, 0) is 0 Å². The van der Waals surface area contributed by atoms with Crippen molar-refractivity contribution in [2.45, 2.75) is 6.92 Å². The van der Waals surface area contributed by atoms with Gasteiger partial charge in [-0.1, -0.05) is 0 Å². The Hall–Kier alpha value is -1.10. The molecule has 1 aromatic rings. The van der Waals surface area contributed by atoms with Gasteiger partial charge >= 0.3 is 6.09 Å². The molecule has 14 heavy (non-hydrogen) atoms. The highest BCUT2D eigenvalue weighted by Crippen LogP contribution is 2.25. The number of carbonyl (C=O) groups excluding carboxylic acids is 1. The number of carbonyl (C=O) groups is 1. The van der Waals surface area contributed by atoms with Crippen molar-refractivity contribution in [2.75, 3.05) is 6.54 Å². The minimum absolute atomic E-state index is 0.289. The topological polar surface area (TPSA) is 38.3 Å². The van der Waals surface area contributed by atoms with Crippen LogP contribution in [0.25, 0.3) is 0 Å². The molecular formula is C9H9BrFNO2. The Labute approximate surface area is 89.4 Å². The van der Waals surface area contributed by atoms with E-state index in [9.17, 15) is 9.18 Å². The SMILES string of the molecule is CCNC(=O)Oc1ccc(F)cc1Br. The summed E-state index contributed by atoms with van der Waals surface area (Å²) in [6.45, 7) is 2.26. The quantitative estimate of drug-likeness (QED) is 0.889. The second-order valence-corrected chi connectivity index (χ2v) is 3.35. The first-order valence-corrected chi connectivity index (χ1v) is 4.83. The molecule has 0 spiro atoms. The maximum absolute atomic E-state index is 12.6. The predicted octanol–water partition coefficient (Wildman–Crippen LogP) is 2.70. The molecule has 0 saturated carbocycles. The molecule has 3 nitrogen and oxygen atoms in total. The molecule has 0 aromatic heterocycles. The smallest absolute Gasteiger partial charge is 0.409 e. The molecule has 0 radical (unpaired) electrons. The second-order valence-electron chi connectivity index (χ2n) is 2.49. The molecule has 0 heterocycles. The van der Waals surface area contributed by atoms with Crippen molar-refractivity contribution in [2.24, 2.45) is 0 Å². The van der Waals surface area contributed by atoms with Crippen molar-refractivity contribution < 1.29 is 13.9 Å². The molecule has 1 aromatic carbocycles. The predicted molar refractivity (Wildman–Crippen MR) is 53.8 cm³/mol. The summed E-state index contributed by atoms with van der Waals surface area (Å²) in [6, 6.07) is 3.84. The highest BCUT2D eigenvalue weighted by Gasteiger charge is 2.06. The summed E-state index contributed by atoms with van der Waals surface area (Å²) in [7, 11) is 0. The zero-order valence-electron chi connectivity index (χ0n) is 7.51. The molecular weight excluding hydrogens is 253 g/mol. The molecule has 0 fully saturated rings. The van der Waals surface area contributed by atoms with Crippen LogP contribution in [0.2, 0.25) is 0 Å². The molecule has 0 unspecified atom stereocenters. The Balaban J connectivity index is 2.72. The summed E-state index contributed by atoms with van der Waals surface area (Å²) < 4.78 is 17.9. The van der Waals surface area contributed by atoms with E-state index >= 15 is 0 Å². The molecule has 0 aliphatic rings. The Morgan fingerprint density at radius 3 is 2.93 bits per heavy atom. The molecule has 0 bridgehead atoms. The van der Waals surface area contributed by atoms with Crippen LogP contribution in [0, 0.1) is 5.82 Å². The monoisotopic (exact) mass is 261 g/mol. The first-order chi connectivity index (χ1) is 6.63. The van der Waals surface area contributed by atoms with Gasteiger partial charge in [0.2, 0.25) is 0 Å². The van der Waals surface area contributed by atoms with E-state index in [1.807, 2.05) is 0 Å². The Morgan fingerprint density at radius 1 is 1.64 bits per heavy atom. The number of hydrogen-bond donors (Lipinski definition) is 1. The lowest BCUT2D eigenvalue weighted by molar-refractivity contribution is 0.201. The van der Waals surface area contributed by atoms with Crippen molar-refractivity contribution in [3.63, 3.8) is 0 Å². The lowest BCUT2D eigenvalue weighted by Crippen LogP contribution is -2.26. The van der Waals surface area contributed by atoms with Gasteiger partial charge in [0, 0.05) is 6.54 Å². The fraction of sp³-hybridized carbons (Fsp3) is 0.222. The molecule has 0 atom stereocenters. The molecule has 0 saturated heterocycles. The number of nitrogens with one attached hydrogen (secondary N) is 1. The van der Waals surface area contributed by atoms with Crippen LogP contribution in [0.15, 0.2) is 22.7 Å². The Bertz CT molecular complexity index is 344. The van der Waals surface area contributed by atoms with Gasteiger partial charge in [0.25, 0.3) is 0 Å². The summed E-state index contributed by atoms with van der Waals surface area (Å²) in [4.78, 5) is 11.0. The molecule has 0 aliphatic carbocycles. The largest absolute Gasteiger partial charge is 0.412 e. The van der Waals surface area contributed by atoms with Crippen LogP contribution in [0.5, 0.6) is 5.75 Å². The second kappa shape index (κ2) is 4.95. The third-order valence-electron chi connectivity index (χ3n) is 1.42. The van der Waals surface area contributed by atoms with Crippen molar-refractivity contribution in [3.8, 4) is 5.75 Å². The number of rotatable bonds is 2. The Kier molecular flexibility index (Phi) is 3.88. The lowest BCUT2D eigenvalue weighted by atomic mass is 10.3. The average Bonchev–Trinajstić information content (AvgIpc) is 2.10. The highest BCUT2D eigenvalue weighted by atomic mass is 79.9. The van der Waals surface area contributed by atoms with E-state index in [0.717, 1.165) is 0 Å². The van der Waals surface area contributed by atoms with Crippen molar-refractivity contribution >= 4 is 22.0 Å². The molecule has 1 amide bonds. The van der Waals surface area contributed by atoms with Crippen molar-refractivity contribution in [1.29, 1.82) is 0 Å². The number of benzene rings is 1. The van der Waals surface area contributed by atoms with E-state index in [4.69, 9.17) is 4.74 Å². The van der Waals surface area contributed by atoms with Crippen molar-refractivity contribution in [3.05, 3.63) is 28.5 Å². The normalized spacial score (nSPS) is 9.64. The zero-order valence-corrected chi connectivity index (χ0v) is 9.10. The molecule has 5 heteroatoms. The molecule has 1 N–H and O–H groups in total. The molecule has 1 rings (SSSR count). The summed E-state index contributed by atoms with van der Waals surface area (Å²) >= 11 is 3.08. The number of ether oxygens (including phenoxy) is 1. The van der Waals surface area contributed by atoms with Gasteiger partial charge in [-0.05, 0) is 41.1 Å². The number of hydrogen-bond acceptors (Lipinski definition) is 2. The van der Waals surface area contributed by atoms with Gasteiger partial charge < -0.3 is 10.1 Å². The third-order valence-corrected chi connectivity index (χ3v) is 2.04. The van der Waals surface area contributed by atoms with Crippen LogP contribution < -0.4 is 10.1 Å². The van der Waals surface area contributed by atoms with Crippen LogP contribution in [0.1, 0.15) is 6.92 Å². The van der Waals surface area contributed by atoms with E-state index in [1.165, 1.54) is 18.2 Å². The third kappa shape index (κ3) is 2.99. The van der Waals surface area contributed by atoms with Gasteiger partial charge in [-0.2, -0.15) is 0 Å². The van der Waals surface area contributed by atoms with Gasteiger partial charge in [-0.15, -0.1) is 0 Å². The van der Waals surface area contributed by atoms with Gasteiger partial charge in [-0.3, -0.25) is 0 Å². The minimum Gasteiger partial charge on any atom is -0.409 e. The highest BCUT2D eigenvalue weighted by molar-refractivity contribution is 9.10. The van der Waals surface area contributed by atoms with Crippen LogP contribution in [0.4, 0.5) is 9.18 Å². The van der Waals surface area contributed by atoms with Gasteiger partial charge in [0.1, 0.15) is 11.6 Å².